The molecule has 0 aliphatic carbocycles. The van der Waals surface area contributed by atoms with Gasteiger partial charge in [-0.3, -0.25) is 0 Å². The van der Waals surface area contributed by atoms with Crippen LogP contribution in [0.1, 0.15) is 45.4 Å². The van der Waals surface area contributed by atoms with Crippen molar-refractivity contribution in [2.75, 3.05) is 13.1 Å². The number of pyridine rings is 1. The Kier molecular flexibility index (Phi) is 4.33. The number of piperidine rings is 1. The fraction of sp³-hybridized carbons (Fsp3) is 0.474. The van der Waals surface area contributed by atoms with E-state index in [0.717, 1.165) is 23.9 Å². The molecule has 0 unspecified atom stereocenters. The predicted octanol–water partition coefficient (Wildman–Crippen LogP) is 3.50. The summed E-state index contributed by atoms with van der Waals surface area (Å²) in [7, 11) is 0. The van der Waals surface area contributed by atoms with Crippen LogP contribution in [-0.2, 0) is 4.74 Å². The highest BCUT2D eigenvalue weighted by molar-refractivity contribution is 5.68. The van der Waals surface area contributed by atoms with E-state index in [9.17, 15) is 4.79 Å². The lowest BCUT2D eigenvalue weighted by molar-refractivity contribution is 0.0198. The van der Waals surface area contributed by atoms with Crippen LogP contribution < -0.4 is 0 Å². The molecule has 8 heteroatoms. The summed E-state index contributed by atoms with van der Waals surface area (Å²) in [6.07, 6.45) is 6.76. The lowest BCUT2D eigenvalue weighted by atomic mass is 9.97. The van der Waals surface area contributed by atoms with Gasteiger partial charge in [0, 0.05) is 30.8 Å². The molecule has 0 bridgehead atoms. The van der Waals surface area contributed by atoms with Gasteiger partial charge in [-0.25, -0.2) is 9.78 Å². The van der Waals surface area contributed by atoms with E-state index in [2.05, 4.69) is 15.1 Å². The summed E-state index contributed by atoms with van der Waals surface area (Å²) in [5.41, 5.74) is 1.39. The second kappa shape index (κ2) is 6.68. The van der Waals surface area contributed by atoms with Crippen molar-refractivity contribution in [2.24, 2.45) is 0 Å². The summed E-state index contributed by atoms with van der Waals surface area (Å²) in [5.74, 6) is 1.36. The number of likely N-dealkylation sites (tertiary alicyclic amines) is 1. The van der Waals surface area contributed by atoms with E-state index in [1.165, 1.54) is 0 Å². The fourth-order valence-electron chi connectivity index (χ4n) is 3.21. The quantitative estimate of drug-likeness (QED) is 0.687. The summed E-state index contributed by atoms with van der Waals surface area (Å²) in [4.78, 5) is 22.6. The van der Waals surface area contributed by atoms with Gasteiger partial charge in [0.25, 0.3) is 0 Å². The summed E-state index contributed by atoms with van der Waals surface area (Å²) in [5, 5.41) is 4.13. The number of nitrogens with zero attached hydrogens (tertiary/aromatic N) is 5. The number of hydrogen-bond acceptors (Lipinski definition) is 6. The molecule has 8 nitrogen and oxygen atoms in total. The van der Waals surface area contributed by atoms with E-state index in [1.54, 1.807) is 17.4 Å². The molecular formula is C19H23N5O3. The van der Waals surface area contributed by atoms with Gasteiger partial charge in [-0.05, 0) is 45.7 Å². The first-order valence-corrected chi connectivity index (χ1v) is 9.13. The molecule has 1 amide bonds. The molecule has 0 spiro atoms. The van der Waals surface area contributed by atoms with Gasteiger partial charge < -0.3 is 18.6 Å². The van der Waals surface area contributed by atoms with Gasteiger partial charge in [-0.15, -0.1) is 0 Å². The van der Waals surface area contributed by atoms with Gasteiger partial charge in [0.1, 0.15) is 5.60 Å². The zero-order chi connectivity index (χ0) is 19.0. The molecule has 0 N–H and O–H groups in total. The second-order valence-corrected chi connectivity index (χ2v) is 7.84. The van der Waals surface area contributed by atoms with E-state index >= 15 is 0 Å². The number of imidazole rings is 1. The molecule has 0 saturated carbocycles. The third-order valence-corrected chi connectivity index (χ3v) is 4.61. The molecule has 142 valence electrons. The third kappa shape index (κ3) is 3.79. The number of fused-ring (bicyclic) bond motifs is 1. The van der Waals surface area contributed by atoms with Gasteiger partial charge in [0.2, 0.25) is 11.7 Å². The third-order valence-electron chi connectivity index (χ3n) is 4.61. The Morgan fingerprint density at radius 1 is 1.30 bits per heavy atom. The molecule has 3 aromatic rings. The van der Waals surface area contributed by atoms with Crippen molar-refractivity contribution in [3.63, 3.8) is 0 Å². The molecule has 1 saturated heterocycles. The van der Waals surface area contributed by atoms with Crippen molar-refractivity contribution < 1.29 is 14.1 Å². The summed E-state index contributed by atoms with van der Waals surface area (Å²) in [6, 6.07) is 3.92. The van der Waals surface area contributed by atoms with Crippen LogP contribution in [0.5, 0.6) is 0 Å². The first kappa shape index (κ1) is 17.5. The number of carbonyl (C=O) groups excluding carboxylic acids is 1. The van der Waals surface area contributed by atoms with E-state index < -0.39 is 5.60 Å². The number of ether oxygens (including phenoxy) is 1. The minimum Gasteiger partial charge on any atom is -0.444 e. The Morgan fingerprint density at radius 2 is 2.07 bits per heavy atom. The van der Waals surface area contributed by atoms with Crippen LogP contribution in [0.3, 0.4) is 0 Å². The molecule has 3 aromatic heterocycles. The van der Waals surface area contributed by atoms with E-state index in [4.69, 9.17) is 9.26 Å². The maximum atomic E-state index is 12.2. The predicted molar refractivity (Wildman–Crippen MR) is 98.3 cm³/mol. The van der Waals surface area contributed by atoms with Crippen LogP contribution in [0.15, 0.2) is 35.4 Å². The Hall–Kier alpha value is -2.90. The fourth-order valence-corrected chi connectivity index (χ4v) is 3.21. The van der Waals surface area contributed by atoms with Crippen molar-refractivity contribution in [1.82, 2.24) is 24.4 Å². The molecule has 0 aromatic carbocycles. The Morgan fingerprint density at radius 3 is 2.81 bits per heavy atom. The molecule has 0 atom stereocenters. The topological polar surface area (TPSA) is 85.8 Å². The Labute approximate surface area is 157 Å². The molecule has 1 aliphatic rings. The number of hydrogen-bond donors (Lipinski definition) is 0. The highest BCUT2D eigenvalue weighted by atomic mass is 16.6. The molecule has 1 aliphatic heterocycles. The molecular weight excluding hydrogens is 346 g/mol. The van der Waals surface area contributed by atoms with Gasteiger partial charge >= 0.3 is 6.09 Å². The first-order valence-electron chi connectivity index (χ1n) is 9.13. The highest BCUT2D eigenvalue weighted by Crippen LogP contribution is 2.29. The zero-order valence-electron chi connectivity index (χ0n) is 15.8. The number of rotatable bonds is 2. The second-order valence-electron chi connectivity index (χ2n) is 7.84. The maximum Gasteiger partial charge on any atom is 0.410 e. The molecule has 4 heterocycles. The molecule has 1 fully saturated rings. The van der Waals surface area contributed by atoms with Crippen LogP contribution >= 0.6 is 0 Å². The van der Waals surface area contributed by atoms with Crippen LogP contribution in [-0.4, -0.2) is 49.2 Å². The van der Waals surface area contributed by atoms with Crippen molar-refractivity contribution >= 4 is 11.6 Å². The SMILES string of the molecule is CC(C)(C)OC(=O)N1CCC(c2nc(-c3ccn4cncc4c3)no2)CC1. The van der Waals surface area contributed by atoms with Gasteiger partial charge in [-0.1, -0.05) is 5.16 Å². The number of carbonyl (C=O) groups is 1. The van der Waals surface area contributed by atoms with Crippen molar-refractivity contribution in [3.05, 3.63) is 36.7 Å². The smallest absolute Gasteiger partial charge is 0.410 e. The van der Waals surface area contributed by atoms with Gasteiger partial charge in [0.05, 0.1) is 18.0 Å². The average molecular weight is 369 g/mol. The van der Waals surface area contributed by atoms with Crippen LogP contribution in [0.2, 0.25) is 0 Å². The Balaban J connectivity index is 1.41. The average Bonchev–Trinajstić information content (AvgIpc) is 3.29. The van der Waals surface area contributed by atoms with Crippen LogP contribution in [0, 0.1) is 0 Å². The van der Waals surface area contributed by atoms with Gasteiger partial charge in [0.15, 0.2) is 0 Å². The zero-order valence-corrected chi connectivity index (χ0v) is 15.8. The standard InChI is InChI=1S/C19H23N5O3/c1-19(2,3)26-18(25)23-7-4-13(5-8-23)17-21-16(22-27-17)14-6-9-24-12-20-11-15(24)10-14/h6,9-13H,4-5,7-8H2,1-3H3. The van der Waals surface area contributed by atoms with E-state index in [0.29, 0.717) is 24.8 Å². The lowest BCUT2D eigenvalue weighted by Gasteiger charge is -2.32. The van der Waals surface area contributed by atoms with E-state index in [-0.39, 0.29) is 12.0 Å². The monoisotopic (exact) mass is 369 g/mol. The Bertz CT molecular complexity index is 948. The largest absolute Gasteiger partial charge is 0.444 e. The summed E-state index contributed by atoms with van der Waals surface area (Å²) in [6.45, 7) is 6.87. The van der Waals surface area contributed by atoms with E-state index in [1.807, 2.05) is 43.5 Å². The van der Waals surface area contributed by atoms with Crippen LogP contribution in [0.4, 0.5) is 4.79 Å². The molecule has 4 rings (SSSR count). The highest BCUT2D eigenvalue weighted by Gasteiger charge is 2.30. The van der Waals surface area contributed by atoms with Crippen molar-refractivity contribution in [2.45, 2.75) is 45.1 Å². The number of aromatic nitrogens is 4. The first-order chi connectivity index (χ1) is 12.9. The van der Waals surface area contributed by atoms with Crippen LogP contribution in [0.25, 0.3) is 16.9 Å². The van der Waals surface area contributed by atoms with Crippen molar-refractivity contribution in [3.8, 4) is 11.4 Å². The number of amides is 1. The molecule has 0 radical (unpaired) electrons. The molecule has 27 heavy (non-hydrogen) atoms. The van der Waals surface area contributed by atoms with Crippen molar-refractivity contribution in [1.29, 1.82) is 0 Å². The van der Waals surface area contributed by atoms with Gasteiger partial charge in [-0.2, -0.15) is 4.98 Å². The summed E-state index contributed by atoms with van der Waals surface area (Å²) >= 11 is 0. The minimum atomic E-state index is -0.480. The maximum absolute atomic E-state index is 12.2. The minimum absolute atomic E-state index is 0.156. The summed E-state index contributed by atoms with van der Waals surface area (Å²) < 4.78 is 12.9. The normalized spacial score (nSPS) is 16.0. The lowest BCUT2D eigenvalue weighted by Crippen LogP contribution is -2.41.